The summed E-state index contributed by atoms with van der Waals surface area (Å²) >= 11 is 3.34. The molecule has 0 aromatic carbocycles. The minimum absolute atomic E-state index is 0.00669. The number of nitrogens with one attached hydrogen (secondary N) is 1. The number of rotatable bonds is 7. The Morgan fingerprint density at radius 2 is 2.17 bits per heavy atom. The van der Waals surface area contributed by atoms with Gasteiger partial charge in [-0.3, -0.25) is 4.98 Å². The fourth-order valence-electron chi connectivity index (χ4n) is 1.60. The van der Waals surface area contributed by atoms with Gasteiger partial charge < -0.3 is 5.32 Å². The van der Waals surface area contributed by atoms with E-state index in [9.17, 15) is 8.42 Å². The topological polar surface area (TPSA) is 59.1 Å². The highest BCUT2D eigenvalue weighted by molar-refractivity contribution is 9.10. The molecule has 18 heavy (non-hydrogen) atoms. The van der Waals surface area contributed by atoms with Crippen LogP contribution in [-0.2, 0) is 9.84 Å². The van der Waals surface area contributed by atoms with Gasteiger partial charge in [0.05, 0.1) is 17.5 Å². The highest BCUT2D eigenvalue weighted by atomic mass is 79.9. The van der Waals surface area contributed by atoms with Crippen molar-refractivity contribution < 1.29 is 8.42 Å². The SMILES string of the molecule is CCCNC(CCS(C)(=O)=O)c1ccc(Br)cn1. The van der Waals surface area contributed by atoms with Gasteiger partial charge in [-0.25, -0.2) is 8.42 Å². The number of sulfone groups is 1. The molecule has 1 rings (SSSR count). The molecule has 102 valence electrons. The van der Waals surface area contributed by atoms with Crippen LogP contribution in [0.3, 0.4) is 0 Å². The second kappa shape index (κ2) is 7.21. The van der Waals surface area contributed by atoms with Crippen molar-refractivity contribution in [2.75, 3.05) is 18.6 Å². The van der Waals surface area contributed by atoms with Crippen LogP contribution in [-0.4, -0.2) is 32.0 Å². The quantitative estimate of drug-likeness (QED) is 0.831. The summed E-state index contributed by atoms with van der Waals surface area (Å²) in [5.41, 5.74) is 0.885. The summed E-state index contributed by atoms with van der Waals surface area (Å²) < 4.78 is 23.4. The second-order valence-corrected chi connectivity index (χ2v) is 7.50. The molecule has 0 spiro atoms. The summed E-state index contributed by atoms with van der Waals surface area (Å²) in [6, 6.07) is 3.83. The van der Waals surface area contributed by atoms with E-state index in [0.29, 0.717) is 6.42 Å². The minimum atomic E-state index is -2.94. The largest absolute Gasteiger partial charge is 0.309 e. The van der Waals surface area contributed by atoms with Gasteiger partial charge in [-0.2, -0.15) is 0 Å². The van der Waals surface area contributed by atoms with E-state index in [4.69, 9.17) is 0 Å². The lowest BCUT2D eigenvalue weighted by Crippen LogP contribution is -2.25. The monoisotopic (exact) mass is 334 g/mol. The summed E-state index contributed by atoms with van der Waals surface area (Å²) in [5, 5.41) is 3.34. The third kappa shape index (κ3) is 5.93. The molecular weight excluding hydrogens is 316 g/mol. The predicted octanol–water partition coefficient (Wildman–Crippen LogP) is 2.32. The first kappa shape index (κ1) is 15.6. The number of hydrogen-bond acceptors (Lipinski definition) is 4. The summed E-state index contributed by atoms with van der Waals surface area (Å²) in [6.45, 7) is 2.93. The first-order chi connectivity index (χ1) is 8.42. The zero-order valence-corrected chi connectivity index (χ0v) is 13.1. The van der Waals surface area contributed by atoms with Gasteiger partial charge in [-0.15, -0.1) is 0 Å². The van der Waals surface area contributed by atoms with E-state index in [1.807, 2.05) is 12.1 Å². The van der Waals surface area contributed by atoms with Crippen LogP contribution in [0.15, 0.2) is 22.8 Å². The van der Waals surface area contributed by atoms with Crippen LogP contribution in [0.2, 0.25) is 0 Å². The molecule has 0 aliphatic heterocycles. The maximum Gasteiger partial charge on any atom is 0.147 e. The van der Waals surface area contributed by atoms with E-state index in [2.05, 4.69) is 33.2 Å². The first-order valence-corrected chi connectivity index (χ1v) is 8.80. The van der Waals surface area contributed by atoms with Crippen molar-refractivity contribution in [2.24, 2.45) is 0 Å². The van der Waals surface area contributed by atoms with Crippen molar-refractivity contribution >= 4 is 25.8 Å². The molecule has 1 heterocycles. The Morgan fingerprint density at radius 3 is 2.67 bits per heavy atom. The van der Waals surface area contributed by atoms with Gasteiger partial charge in [0.1, 0.15) is 9.84 Å². The fraction of sp³-hybridized carbons (Fsp3) is 0.583. The molecule has 0 saturated heterocycles. The van der Waals surface area contributed by atoms with E-state index in [0.717, 1.165) is 23.1 Å². The highest BCUT2D eigenvalue weighted by Crippen LogP contribution is 2.17. The molecule has 0 bridgehead atoms. The van der Waals surface area contributed by atoms with Gasteiger partial charge in [0.2, 0.25) is 0 Å². The van der Waals surface area contributed by atoms with Gasteiger partial charge in [0.15, 0.2) is 0 Å². The Bertz CT molecular complexity index is 459. The Labute approximate surface area is 117 Å². The normalized spacial score (nSPS) is 13.5. The van der Waals surface area contributed by atoms with Gasteiger partial charge in [-0.05, 0) is 47.4 Å². The smallest absolute Gasteiger partial charge is 0.147 e. The lowest BCUT2D eigenvalue weighted by Gasteiger charge is -2.17. The van der Waals surface area contributed by atoms with Crippen molar-refractivity contribution in [1.29, 1.82) is 0 Å². The van der Waals surface area contributed by atoms with Gasteiger partial charge in [0, 0.05) is 16.9 Å². The Morgan fingerprint density at radius 1 is 1.44 bits per heavy atom. The Hall–Kier alpha value is -0.460. The zero-order chi connectivity index (χ0) is 13.6. The number of halogens is 1. The molecule has 0 fully saturated rings. The Kier molecular flexibility index (Phi) is 6.25. The summed E-state index contributed by atoms with van der Waals surface area (Å²) in [6.07, 6.45) is 4.55. The molecule has 4 nitrogen and oxygen atoms in total. The van der Waals surface area contributed by atoms with Gasteiger partial charge >= 0.3 is 0 Å². The summed E-state index contributed by atoms with van der Waals surface area (Å²) in [4.78, 5) is 4.33. The van der Waals surface area contributed by atoms with Crippen LogP contribution >= 0.6 is 15.9 Å². The molecule has 1 aromatic rings. The standard InChI is InChI=1S/C12H19BrN2O2S/c1-3-7-14-12(6-8-18(2,16)17)11-5-4-10(13)9-15-11/h4-5,9,12,14H,3,6-8H2,1-2H3. The Balaban J connectivity index is 2.74. The second-order valence-electron chi connectivity index (χ2n) is 4.33. The van der Waals surface area contributed by atoms with Gasteiger partial charge in [-0.1, -0.05) is 6.92 Å². The molecule has 1 aromatic heterocycles. The van der Waals surface area contributed by atoms with E-state index >= 15 is 0 Å². The third-order valence-electron chi connectivity index (χ3n) is 2.53. The predicted molar refractivity (Wildman–Crippen MR) is 77.3 cm³/mol. The highest BCUT2D eigenvalue weighted by Gasteiger charge is 2.14. The van der Waals surface area contributed by atoms with E-state index in [1.54, 1.807) is 6.20 Å². The number of nitrogens with zero attached hydrogens (tertiary/aromatic N) is 1. The average Bonchev–Trinajstić information content (AvgIpc) is 2.29. The molecule has 1 atom stereocenters. The molecule has 1 unspecified atom stereocenters. The van der Waals surface area contributed by atoms with Crippen LogP contribution in [0, 0.1) is 0 Å². The van der Waals surface area contributed by atoms with Gasteiger partial charge in [0.25, 0.3) is 0 Å². The lowest BCUT2D eigenvalue weighted by atomic mass is 10.1. The molecule has 1 N–H and O–H groups in total. The van der Waals surface area contributed by atoms with Crippen LogP contribution in [0.5, 0.6) is 0 Å². The lowest BCUT2D eigenvalue weighted by molar-refractivity contribution is 0.503. The zero-order valence-electron chi connectivity index (χ0n) is 10.7. The van der Waals surface area contributed by atoms with Crippen molar-refractivity contribution in [3.63, 3.8) is 0 Å². The molecule has 0 saturated carbocycles. The molecule has 0 radical (unpaired) electrons. The first-order valence-electron chi connectivity index (χ1n) is 5.95. The van der Waals surface area contributed by atoms with Crippen molar-refractivity contribution in [1.82, 2.24) is 10.3 Å². The maximum absolute atomic E-state index is 11.2. The van der Waals surface area contributed by atoms with Crippen molar-refractivity contribution in [2.45, 2.75) is 25.8 Å². The van der Waals surface area contributed by atoms with Crippen molar-refractivity contribution in [3.05, 3.63) is 28.5 Å². The van der Waals surface area contributed by atoms with Crippen LogP contribution < -0.4 is 5.32 Å². The molecule has 0 amide bonds. The number of aromatic nitrogens is 1. The summed E-state index contributed by atoms with van der Waals surface area (Å²) in [7, 11) is -2.94. The van der Waals surface area contributed by atoms with E-state index in [1.165, 1.54) is 6.26 Å². The third-order valence-corrected chi connectivity index (χ3v) is 3.97. The van der Waals surface area contributed by atoms with Crippen LogP contribution in [0.4, 0.5) is 0 Å². The number of pyridine rings is 1. The van der Waals surface area contributed by atoms with Crippen LogP contribution in [0.25, 0.3) is 0 Å². The maximum atomic E-state index is 11.2. The molecule has 6 heteroatoms. The summed E-state index contributed by atoms with van der Waals surface area (Å²) in [5.74, 6) is 0.173. The fourth-order valence-corrected chi connectivity index (χ4v) is 2.50. The van der Waals surface area contributed by atoms with E-state index < -0.39 is 9.84 Å². The van der Waals surface area contributed by atoms with Crippen molar-refractivity contribution in [3.8, 4) is 0 Å². The average molecular weight is 335 g/mol. The van der Waals surface area contributed by atoms with Crippen LogP contribution in [0.1, 0.15) is 31.5 Å². The molecule has 0 aliphatic rings. The van der Waals surface area contributed by atoms with E-state index in [-0.39, 0.29) is 11.8 Å². The molecular formula is C12H19BrN2O2S. The minimum Gasteiger partial charge on any atom is -0.309 e. The molecule has 0 aliphatic carbocycles. The number of hydrogen-bond donors (Lipinski definition) is 1.